The second kappa shape index (κ2) is 4.27. The molecule has 0 aliphatic carbocycles. The van der Waals surface area contributed by atoms with Gasteiger partial charge < -0.3 is 5.73 Å². The molecule has 0 saturated heterocycles. The lowest BCUT2D eigenvalue weighted by Crippen LogP contribution is -2.00. The SMILES string of the molecule is CS(=O)(=O)c1ccccc1C#CCN. The number of nitrogens with two attached hydrogens (primary N) is 1. The van der Waals surface area contributed by atoms with Gasteiger partial charge in [0.1, 0.15) is 0 Å². The van der Waals surface area contributed by atoms with Crippen molar-refractivity contribution in [3.05, 3.63) is 29.8 Å². The van der Waals surface area contributed by atoms with E-state index in [0.29, 0.717) is 5.56 Å². The van der Waals surface area contributed by atoms with Crippen molar-refractivity contribution in [2.45, 2.75) is 4.90 Å². The molecule has 0 fully saturated rings. The Bertz CT molecular complexity index is 480. The fraction of sp³-hybridized carbons (Fsp3) is 0.200. The standard InChI is InChI=1S/C10H11NO2S/c1-14(12,13)10-7-3-2-5-9(10)6-4-8-11/h2-3,5,7H,8,11H2,1H3. The third kappa shape index (κ3) is 2.59. The Labute approximate surface area is 83.9 Å². The van der Waals surface area contributed by atoms with Crippen molar-refractivity contribution in [3.63, 3.8) is 0 Å². The minimum absolute atomic E-state index is 0.220. The summed E-state index contributed by atoms with van der Waals surface area (Å²) in [5.41, 5.74) is 5.71. The van der Waals surface area contributed by atoms with Crippen LogP contribution in [0.3, 0.4) is 0 Å². The maximum absolute atomic E-state index is 11.3. The Kier molecular flexibility index (Phi) is 3.28. The molecule has 0 bridgehead atoms. The van der Waals surface area contributed by atoms with Crippen molar-refractivity contribution < 1.29 is 8.42 Å². The van der Waals surface area contributed by atoms with Gasteiger partial charge in [0.05, 0.1) is 11.4 Å². The van der Waals surface area contributed by atoms with Crippen molar-refractivity contribution in [1.29, 1.82) is 0 Å². The number of rotatable bonds is 1. The molecular formula is C10H11NO2S. The van der Waals surface area contributed by atoms with Gasteiger partial charge in [-0.1, -0.05) is 24.0 Å². The minimum Gasteiger partial charge on any atom is -0.320 e. The van der Waals surface area contributed by atoms with Crippen molar-refractivity contribution in [1.82, 2.24) is 0 Å². The van der Waals surface area contributed by atoms with E-state index < -0.39 is 9.84 Å². The van der Waals surface area contributed by atoms with E-state index in [2.05, 4.69) is 11.8 Å². The van der Waals surface area contributed by atoms with Gasteiger partial charge in [0.25, 0.3) is 0 Å². The molecule has 0 spiro atoms. The Balaban J connectivity index is 3.31. The summed E-state index contributed by atoms with van der Waals surface area (Å²) in [6.07, 6.45) is 1.16. The molecule has 0 heterocycles. The zero-order valence-corrected chi connectivity index (χ0v) is 8.64. The summed E-state index contributed by atoms with van der Waals surface area (Å²) < 4.78 is 22.6. The predicted octanol–water partition coefficient (Wildman–Crippen LogP) is 0.400. The van der Waals surface area contributed by atoms with Crippen LogP contribution in [-0.2, 0) is 9.84 Å². The van der Waals surface area contributed by atoms with E-state index in [1.807, 2.05) is 0 Å². The topological polar surface area (TPSA) is 60.2 Å². The highest BCUT2D eigenvalue weighted by Gasteiger charge is 2.10. The number of sulfone groups is 1. The van der Waals surface area contributed by atoms with Crippen LogP contribution in [0.4, 0.5) is 0 Å². The minimum atomic E-state index is -3.21. The quantitative estimate of drug-likeness (QED) is 0.681. The molecule has 1 rings (SSSR count). The van der Waals surface area contributed by atoms with Gasteiger partial charge in [0.15, 0.2) is 9.84 Å². The molecule has 0 amide bonds. The largest absolute Gasteiger partial charge is 0.320 e. The molecular weight excluding hydrogens is 198 g/mol. The first-order chi connectivity index (χ1) is 6.55. The van der Waals surface area contributed by atoms with Crippen LogP contribution in [0.2, 0.25) is 0 Å². The van der Waals surface area contributed by atoms with E-state index in [4.69, 9.17) is 5.73 Å². The molecule has 4 heteroatoms. The molecule has 0 unspecified atom stereocenters. The molecule has 74 valence electrons. The highest BCUT2D eigenvalue weighted by Crippen LogP contribution is 2.13. The Morgan fingerprint density at radius 1 is 1.36 bits per heavy atom. The maximum Gasteiger partial charge on any atom is 0.176 e. The third-order valence-corrected chi connectivity index (χ3v) is 2.77. The summed E-state index contributed by atoms with van der Waals surface area (Å²) in [6.45, 7) is 0.220. The van der Waals surface area contributed by atoms with E-state index in [1.165, 1.54) is 6.07 Å². The van der Waals surface area contributed by atoms with Crippen LogP contribution in [-0.4, -0.2) is 21.2 Å². The van der Waals surface area contributed by atoms with Crippen LogP contribution in [0.25, 0.3) is 0 Å². The Morgan fingerprint density at radius 3 is 2.57 bits per heavy atom. The van der Waals surface area contributed by atoms with Crippen LogP contribution in [0.1, 0.15) is 5.56 Å². The second-order valence-corrected chi connectivity index (χ2v) is 4.76. The van der Waals surface area contributed by atoms with E-state index in [0.717, 1.165) is 6.26 Å². The monoisotopic (exact) mass is 209 g/mol. The van der Waals surface area contributed by atoms with Crippen LogP contribution >= 0.6 is 0 Å². The van der Waals surface area contributed by atoms with Crippen molar-refractivity contribution in [2.24, 2.45) is 5.73 Å². The van der Waals surface area contributed by atoms with E-state index in [1.54, 1.807) is 18.2 Å². The highest BCUT2D eigenvalue weighted by atomic mass is 32.2. The lowest BCUT2D eigenvalue weighted by molar-refractivity contribution is 0.601. The third-order valence-electron chi connectivity index (χ3n) is 1.61. The average molecular weight is 209 g/mol. The van der Waals surface area contributed by atoms with Crippen LogP contribution in [0.15, 0.2) is 29.2 Å². The first-order valence-electron chi connectivity index (χ1n) is 4.03. The van der Waals surface area contributed by atoms with Gasteiger partial charge in [0.2, 0.25) is 0 Å². The summed E-state index contributed by atoms with van der Waals surface area (Å²) in [5.74, 6) is 5.36. The molecule has 14 heavy (non-hydrogen) atoms. The molecule has 0 aliphatic heterocycles. The van der Waals surface area contributed by atoms with E-state index in [-0.39, 0.29) is 11.4 Å². The normalized spacial score (nSPS) is 10.4. The van der Waals surface area contributed by atoms with Gasteiger partial charge in [-0.15, -0.1) is 0 Å². The molecule has 0 saturated carbocycles. The van der Waals surface area contributed by atoms with Gasteiger partial charge in [-0.2, -0.15) is 0 Å². The van der Waals surface area contributed by atoms with Crippen LogP contribution < -0.4 is 5.73 Å². The average Bonchev–Trinajstić information content (AvgIpc) is 2.14. The number of benzene rings is 1. The van der Waals surface area contributed by atoms with Gasteiger partial charge in [-0.25, -0.2) is 8.42 Å². The first-order valence-corrected chi connectivity index (χ1v) is 5.93. The second-order valence-electron chi connectivity index (χ2n) is 2.77. The molecule has 3 nitrogen and oxygen atoms in total. The van der Waals surface area contributed by atoms with Gasteiger partial charge in [0, 0.05) is 11.8 Å². The first kappa shape index (κ1) is 10.8. The number of hydrogen-bond donors (Lipinski definition) is 1. The van der Waals surface area contributed by atoms with E-state index in [9.17, 15) is 8.42 Å². The fourth-order valence-electron chi connectivity index (χ4n) is 1.04. The maximum atomic E-state index is 11.3. The van der Waals surface area contributed by atoms with Gasteiger partial charge >= 0.3 is 0 Å². The Hall–Kier alpha value is -1.31. The summed E-state index contributed by atoms with van der Waals surface area (Å²) in [5, 5.41) is 0. The van der Waals surface area contributed by atoms with Crippen molar-refractivity contribution in [3.8, 4) is 11.8 Å². The summed E-state index contributed by atoms with van der Waals surface area (Å²) in [4.78, 5) is 0.251. The summed E-state index contributed by atoms with van der Waals surface area (Å²) in [6, 6.07) is 6.62. The molecule has 1 aromatic rings. The molecule has 0 radical (unpaired) electrons. The van der Waals surface area contributed by atoms with Gasteiger partial charge in [-0.05, 0) is 12.1 Å². The molecule has 0 atom stereocenters. The van der Waals surface area contributed by atoms with Gasteiger partial charge in [-0.3, -0.25) is 0 Å². The highest BCUT2D eigenvalue weighted by molar-refractivity contribution is 7.90. The zero-order valence-electron chi connectivity index (χ0n) is 7.82. The van der Waals surface area contributed by atoms with Crippen LogP contribution in [0, 0.1) is 11.8 Å². The lowest BCUT2D eigenvalue weighted by atomic mass is 10.2. The fourth-order valence-corrected chi connectivity index (χ4v) is 1.88. The number of hydrogen-bond acceptors (Lipinski definition) is 3. The van der Waals surface area contributed by atoms with Crippen molar-refractivity contribution in [2.75, 3.05) is 12.8 Å². The zero-order chi connectivity index (χ0) is 10.6. The van der Waals surface area contributed by atoms with E-state index >= 15 is 0 Å². The molecule has 0 aliphatic rings. The summed E-state index contributed by atoms with van der Waals surface area (Å²) >= 11 is 0. The Morgan fingerprint density at radius 2 is 2.00 bits per heavy atom. The lowest BCUT2D eigenvalue weighted by Gasteiger charge is -2.00. The smallest absolute Gasteiger partial charge is 0.176 e. The molecule has 1 aromatic carbocycles. The summed E-state index contributed by atoms with van der Waals surface area (Å²) in [7, 11) is -3.21. The van der Waals surface area contributed by atoms with Crippen LogP contribution in [0.5, 0.6) is 0 Å². The van der Waals surface area contributed by atoms with Crippen molar-refractivity contribution >= 4 is 9.84 Å². The molecule has 0 aromatic heterocycles. The molecule has 2 N–H and O–H groups in total. The predicted molar refractivity (Wildman–Crippen MR) is 55.5 cm³/mol.